The molecule has 3 rings (SSSR count). The lowest BCUT2D eigenvalue weighted by Crippen LogP contribution is -2.33. The molecule has 2 aromatic rings. The summed E-state index contributed by atoms with van der Waals surface area (Å²) in [6, 6.07) is 0. The summed E-state index contributed by atoms with van der Waals surface area (Å²) in [6.45, 7) is 0.467. The molecule has 3 N–H and O–H groups in total. The van der Waals surface area contributed by atoms with Crippen molar-refractivity contribution in [3.05, 3.63) is 11.6 Å². The van der Waals surface area contributed by atoms with E-state index >= 15 is 0 Å². The molecule has 0 amide bonds. The molecule has 0 aromatic carbocycles. The molecule has 1 aliphatic rings. The molecule has 96 valence electrons. The average Bonchev–Trinajstić information content (AvgIpc) is 2.95. The second-order valence-corrected chi connectivity index (χ2v) is 5.07. The number of hydrogen-bond acceptors (Lipinski definition) is 5. The van der Waals surface area contributed by atoms with Gasteiger partial charge in [0.25, 0.3) is 0 Å². The summed E-state index contributed by atoms with van der Waals surface area (Å²) in [7, 11) is 0. The Hall–Kier alpha value is -1.40. The lowest BCUT2D eigenvalue weighted by atomic mass is 10.0. The third kappa shape index (κ3) is 2.13. The van der Waals surface area contributed by atoms with E-state index in [9.17, 15) is 5.11 Å². The Morgan fingerprint density at radius 1 is 1.39 bits per heavy atom. The number of aromatic amines is 1. The van der Waals surface area contributed by atoms with Gasteiger partial charge in [0.15, 0.2) is 11.5 Å². The SMILES string of the molecule is OC1(CNc2nc(Cl)nc3nc[nH]c23)CCCC1. The zero-order chi connectivity index (χ0) is 12.6. The van der Waals surface area contributed by atoms with Gasteiger partial charge < -0.3 is 15.4 Å². The van der Waals surface area contributed by atoms with Crippen molar-refractivity contribution in [1.29, 1.82) is 0 Å². The van der Waals surface area contributed by atoms with Crippen molar-refractivity contribution < 1.29 is 5.11 Å². The van der Waals surface area contributed by atoms with Crippen LogP contribution < -0.4 is 5.32 Å². The first-order valence-corrected chi connectivity index (χ1v) is 6.37. The second-order valence-electron chi connectivity index (χ2n) is 4.73. The Bertz CT molecular complexity index is 564. The Balaban J connectivity index is 1.83. The van der Waals surface area contributed by atoms with E-state index in [1.165, 1.54) is 0 Å². The molecule has 1 fully saturated rings. The van der Waals surface area contributed by atoms with Gasteiger partial charge in [0.05, 0.1) is 11.9 Å². The average molecular weight is 268 g/mol. The molecule has 18 heavy (non-hydrogen) atoms. The van der Waals surface area contributed by atoms with Crippen molar-refractivity contribution in [2.24, 2.45) is 0 Å². The zero-order valence-electron chi connectivity index (χ0n) is 9.78. The highest BCUT2D eigenvalue weighted by Crippen LogP contribution is 2.30. The van der Waals surface area contributed by atoms with Gasteiger partial charge in [-0.1, -0.05) is 12.8 Å². The first-order valence-electron chi connectivity index (χ1n) is 5.99. The van der Waals surface area contributed by atoms with Crippen LogP contribution in [0.4, 0.5) is 5.82 Å². The van der Waals surface area contributed by atoms with Gasteiger partial charge >= 0.3 is 0 Å². The first kappa shape index (κ1) is 11.7. The van der Waals surface area contributed by atoms with Crippen LogP contribution in [0.15, 0.2) is 6.33 Å². The van der Waals surface area contributed by atoms with Crippen molar-refractivity contribution in [3.63, 3.8) is 0 Å². The molecule has 7 heteroatoms. The van der Waals surface area contributed by atoms with Crippen molar-refractivity contribution in [2.45, 2.75) is 31.3 Å². The summed E-state index contributed by atoms with van der Waals surface area (Å²) in [5, 5.41) is 13.6. The molecule has 1 saturated carbocycles. The molecule has 0 unspecified atom stereocenters. The second kappa shape index (κ2) is 4.37. The molecule has 0 atom stereocenters. The van der Waals surface area contributed by atoms with E-state index < -0.39 is 5.60 Å². The van der Waals surface area contributed by atoms with Crippen LogP contribution in [0.1, 0.15) is 25.7 Å². The van der Waals surface area contributed by atoms with E-state index in [1.54, 1.807) is 6.33 Å². The van der Waals surface area contributed by atoms with Gasteiger partial charge in [-0.25, -0.2) is 4.98 Å². The van der Waals surface area contributed by atoms with E-state index in [-0.39, 0.29) is 5.28 Å². The lowest BCUT2D eigenvalue weighted by Gasteiger charge is -2.22. The first-order chi connectivity index (χ1) is 8.66. The fraction of sp³-hybridized carbons (Fsp3) is 0.545. The normalized spacial score (nSPS) is 18.3. The largest absolute Gasteiger partial charge is 0.388 e. The maximum Gasteiger partial charge on any atom is 0.226 e. The molecule has 2 heterocycles. The number of fused-ring (bicyclic) bond motifs is 1. The fourth-order valence-electron chi connectivity index (χ4n) is 2.39. The zero-order valence-corrected chi connectivity index (χ0v) is 10.5. The number of nitrogens with one attached hydrogen (secondary N) is 2. The minimum atomic E-state index is -0.635. The Labute approximate surface area is 109 Å². The predicted octanol–water partition coefficient (Wildman–Crippen LogP) is 1.72. The molecule has 0 bridgehead atoms. The van der Waals surface area contributed by atoms with E-state index in [0.29, 0.717) is 23.5 Å². The van der Waals surface area contributed by atoms with Crippen LogP contribution in [-0.4, -0.2) is 37.2 Å². The molecular weight excluding hydrogens is 254 g/mol. The highest BCUT2D eigenvalue weighted by Gasteiger charge is 2.31. The van der Waals surface area contributed by atoms with Gasteiger partial charge in [0, 0.05) is 6.54 Å². The van der Waals surface area contributed by atoms with Gasteiger partial charge in [-0.2, -0.15) is 9.97 Å². The summed E-state index contributed by atoms with van der Waals surface area (Å²) in [4.78, 5) is 15.1. The van der Waals surface area contributed by atoms with Crippen molar-refractivity contribution >= 4 is 28.6 Å². The third-order valence-corrected chi connectivity index (χ3v) is 3.55. The standard InChI is InChI=1S/C11H14ClN5O/c12-10-16-8(7-9(17-10)15-6-14-7)13-5-11(18)3-1-2-4-11/h6,18H,1-5H2,(H2,13,14,15,16,17). The third-order valence-electron chi connectivity index (χ3n) is 3.38. The van der Waals surface area contributed by atoms with Crippen LogP contribution in [0, 0.1) is 0 Å². The summed E-state index contributed by atoms with van der Waals surface area (Å²) < 4.78 is 0. The van der Waals surface area contributed by atoms with Gasteiger partial charge in [0.1, 0.15) is 5.52 Å². The highest BCUT2D eigenvalue weighted by molar-refractivity contribution is 6.28. The molecule has 2 aromatic heterocycles. The number of rotatable bonds is 3. The maximum absolute atomic E-state index is 10.3. The monoisotopic (exact) mass is 267 g/mol. The van der Waals surface area contributed by atoms with E-state index in [2.05, 4.69) is 25.3 Å². The lowest BCUT2D eigenvalue weighted by molar-refractivity contribution is 0.0614. The minimum absolute atomic E-state index is 0.149. The van der Waals surface area contributed by atoms with Gasteiger partial charge in [-0.05, 0) is 24.4 Å². The van der Waals surface area contributed by atoms with Crippen LogP contribution in [0.5, 0.6) is 0 Å². The molecule has 6 nitrogen and oxygen atoms in total. The number of aromatic nitrogens is 4. The van der Waals surface area contributed by atoms with Crippen molar-refractivity contribution in [1.82, 2.24) is 19.9 Å². The van der Waals surface area contributed by atoms with Crippen molar-refractivity contribution in [2.75, 3.05) is 11.9 Å². The number of nitrogens with zero attached hydrogens (tertiary/aromatic N) is 3. The number of H-pyrrole nitrogens is 1. The minimum Gasteiger partial charge on any atom is -0.388 e. The summed E-state index contributed by atoms with van der Waals surface area (Å²) in [5.41, 5.74) is 0.598. The fourth-order valence-corrected chi connectivity index (χ4v) is 2.56. The summed E-state index contributed by atoms with van der Waals surface area (Å²) >= 11 is 5.83. The predicted molar refractivity (Wildman–Crippen MR) is 68.6 cm³/mol. The molecule has 0 radical (unpaired) electrons. The number of hydrogen-bond donors (Lipinski definition) is 3. The summed E-state index contributed by atoms with van der Waals surface area (Å²) in [6.07, 6.45) is 5.34. The van der Waals surface area contributed by atoms with Gasteiger partial charge in [-0.3, -0.25) is 0 Å². The number of imidazole rings is 1. The van der Waals surface area contributed by atoms with Crippen LogP contribution in [-0.2, 0) is 0 Å². The van der Waals surface area contributed by atoms with Gasteiger partial charge in [-0.15, -0.1) is 0 Å². The summed E-state index contributed by atoms with van der Waals surface area (Å²) in [5.74, 6) is 0.586. The maximum atomic E-state index is 10.3. The molecule has 1 aliphatic carbocycles. The molecular formula is C11H14ClN5O. The van der Waals surface area contributed by atoms with E-state index in [1.807, 2.05) is 0 Å². The van der Waals surface area contributed by atoms with Crippen molar-refractivity contribution in [3.8, 4) is 0 Å². The number of halogens is 1. The highest BCUT2D eigenvalue weighted by atomic mass is 35.5. The Morgan fingerprint density at radius 2 is 2.17 bits per heavy atom. The molecule has 0 aliphatic heterocycles. The molecule has 0 spiro atoms. The quantitative estimate of drug-likeness (QED) is 0.737. The topological polar surface area (TPSA) is 86.7 Å². The number of anilines is 1. The smallest absolute Gasteiger partial charge is 0.226 e. The Kier molecular flexibility index (Phi) is 2.83. The van der Waals surface area contributed by atoms with Crippen LogP contribution >= 0.6 is 11.6 Å². The molecule has 0 saturated heterocycles. The van der Waals surface area contributed by atoms with Gasteiger partial charge in [0.2, 0.25) is 5.28 Å². The van der Waals surface area contributed by atoms with Crippen LogP contribution in [0.2, 0.25) is 5.28 Å². The van der Waals surface area contributed by atoms with Crippen LogP contribution in [0.3, 0.4) is 0 Å². The van der Waals surface area contributed by atoms with E-state index in [4.69, 9.17) is 11.6 Å². The van der Waals surface area contributed by atoms with E-state index in [0.717, 1.165) is 25.7 Å². The number of aliphatic hydroxyl groups is 1. The van der Waals surface area contributed by atoms with Crippen LogP contribution in [0.25, 0.3) is 11.2 Å². The Morgan fingerprint density at radius 3 is 2.94 bits per heavy atom.